The Balaban J connectivity index is 1.83. The SMILES string of the molecule is O=C(Oc1ccccc1)C1(C(=O)Oc2ccccc2)CC=CCC1. The van der Waals surface area contributed by atoms with Crippen LogP contribution in [0.3, 0.4) is 0 Å². The van der Waals surface area contributed by atoms with E-state index in [1.807, 2.05) is 24.3 Å². The molecule has 0 saturated heterocycles. The van der Waals surface area contributed by atoms with E-state index >= 15 is 0 Å². The quantitative estimate of drug-likeness (QED) is 0.370. The maximum absolute atomic E-state index is 12.8. The highest BCUT2D eigenvalue weighted by molar-refractivity contribution is 6.02. The van der Waals surface area contributed by atoms with Crippen LogP contribution in [0.15, 0.2) is 72.8 Å². The molecule has 0 radical (unpaired) electrons. The van der Waals surface area contributed by atoms with E-state index in [1.54, 1.807) is 48.5 Å². The summed E-state index contributed by atoms with van der Waals surface area (Å²) in [5.41, 5.74) is -1.31. The van der Waals surface area contributed by atoms with Gasteiger partial charge in [-0.3, -0.25) is 9.59 Å². The number of hydrogen-bond donors (Lipinski definition) is 0. The standard InChI is InChI=1S/C20H18O4/c21-18(23-16-10-4-1-5-11-16)20(14-8-3-9-15-20)19(22)24-17-12-6-2-7-13-17/h1-8,10-13H,9,14-15H2. The molecule has 122 valence electrons. The topological polar surface area (TPSA) is 52.6 Å². The summed E-state index contributed by atoms with van der Waals surface area (Å²) in [4.78, 5) is 25.5. The Hall–Kier alpha value is -2.88. The lowest BCUT2D eigenvalue weighted by molar-refractivity contribution is -0.161. The fourth-order valence-electron chi connectivity index (χ4n) is 2.67. The van der Waals surface area contributed by atoms with Crippen molar-refractivity contribution in [2.24, 2.45) is 5.41 Å². The van der Waals surface area contributed by atoms with Crippen molar-refractivity contribution in [2.45, 2.75) is 19.3 Å². The zero-order valence-corrected chi connectivity index (χ0v) is 13.2. The number of carbonyl (C=O) groups is 2. The van der Waals surface area contributed by atoms with Crippen molar-refractivity contribution in [3.8, 4) is 11.5 Å². The molecule has 0 spiro atoms. The van der Waals surface area contributed by atoms with E-state index in [9.17, 15) is 9.59 Å². The van der Waals surface area contributed by atoms with Crippen molar-refractivity contribution >= 4 is 11.9 Å². The summed E-state index contributed by atoms with van der Waals surface area (Å²) in [7, 11) is 0. The fraction of sp³-hybridized carbons (Fsp3) is 0.200. The van der Waals surface area contributed by atoms with Gasteiger partial charge in [0.05, 0.1) is 0 Å². The molecule has 2 aromatic carbocycles. The Morgan fingerprint density at radius 2 is 1.25 bits per heavy atom. The van der Waals surface area contributed by atoms with Crippen LogP contribution in [0.25, 0.3) is 0 Å². The molecular formula is C20H18O4. The molecule has 0 N–H and O–H groups in total. The Morgan fingerprint density at radius 1 is 0.750 bits per heavy atom. The van der Waals surface area contributed by atoms with Gasteiger partial charge in [-0.25, -0.2) is 0 Å². The second-order valence-corrected chi connectivity index (χ2v) is 5.70. The van der Waals surface area contributed by atoms with Gasteiger partial charge in [0, 0.05) is 0 Å². The van der Waals surface area contributed by atoms with Crippen LogP contribution in [0, 0.1) is 5.41 Å². The summed E-state index contributed by atoms with van der Waals surface area (Å²) in [5, 5.41) is 0. The van der Waals surface area contributed by atoms with Gasteiger partial charge in [-0.1, -0.05) is 48.6 Å². The van der Waals surface area contributed by atoms with Gasteiger partial charge in [0.2, 0.25) is 0 Å². The summed E-state index contributed by atoms with van der Waals surface area (Å²) >= 11 is 0. The predicted molar refractivity (Wildman–Crippen MR) is 89.6 cm³/mol. The van der Waals surface area contributed by atoms with Gasteiger partial charge < -0.3 is 9.47 Å². The van der Waals surface area contributed by atoms with E-state index < -0.39 is 17.4 Å². The number of rotatable bonds is 4. The molecule has 0 aliphatic heterocycles. The molecule has 0 saturated carbocycles. The van der Waals surface area contributed by atoms with Crippen LogP contribution in [0.1, 0.15) is 19.3 Å². The fourth-order valence-corrected chi connectivity index (χ4v) is 2.67. The van der Waals surface area contributed by atoms with Crippen LogP contribution in [-0.4, -0.2) is 11.9 Å². The first-order chi connectivity index (χ1) is 11.7. The van der Waals surface area contributed by atoms with Gasteiger partial charge in [0.15, 0.2) is 5.41 Å². The van der Waals surface area contributed by atoms with Crippen LogP contribution in [0.5, 0.6) is 11.5 Å². The van der Waals surface area contributed by atoms with Crippen LogP contribution in [-0.2, 0) is 9.59 Å². The molecule has 0 fully saturated rings. The van der Waals surface area contributed by atoms with Crippen molar-refractivity contribution in [1.29, 1.82) is 0 Å². The molecular weight excluding hydrogens is 304 g/mol. The molecule has 3 rings (SSSR count). The van der Waals surface area contributed by atoms with Crippen molar-refractivity contribution in [1.82, 2.24) is 0 Å². The number of hydrogen-bond acceptors (Lipinski definition) is 4. The third kappa shape index (κ3) is 3.38. The first-order valence-corrected chi connectivity index (χ1v) is 7.90. The summed E-state index contributed by atoms with van der Waals surface area (Å²) in [6.07, 6.45) is 5.09. The predicted octanol–water partition coefficient (Wildman–Crippen LogP) is 3.92. The molecule has 0 amide bonds. The molecule has 1 aliphatic carbocycles. The van der Waals surface area contributed by atoms with Crippen LogP contribution in [0.2, 0.25) is 0 Å². The van der Waals surface area contributed by atoms with E-state index in [0.29, 0.717) is 24.3 Å². The third-order valence-corrected chi connectivity index (χ3v) is 4.06. The molecule has 0 aromatic heterocycles. The number of ether oxygens (including phenoxy) is 2. The first kappa shape index (κ1) is 16.0. The first-order valence-electron chi connectivity index (χ1n) is 7.90. The maximum atomic E-state index is 12.8. The van der Waals surface area contributed by atoms with Crippen molar-refractivity contribution in [3.05, 3.63) is 72.8 Å². The summed E-state index contributed by atoms with van der Waals surface area (Å²) < 4.78 is 10.9. The lowest BCUT2D eigenvalue weighted by Gasteiger charge is -2.29. The third-order valence-electron chi connectivity index (χ3n) is 4.06. The smallest absolute Gasteiger partial charge is 0.329 e. The molecule has 0 unspecified atom stereocenters. The summed E-state index contributed by atoms with van der Waals surface area (Å²) in [6.45, 7) is 0. The van der Waals surface area contributed by atoms with Crippen LogP contribution < -0.4 is 9.47 Å². The van der Waals surface area contributed by atoms with E-state index in [0.717, 1.165) is 0 Å². The van der Waals surface area contributed by atoms with E-state index in [2.05, 4.69) is 0 Å². The zero-order chi connectivity index (χ0) is 16.8. The van der Waals surface area contributed by atoms with E-state index in [4.69, 9.17) is 9.47 Å². The summed E-state index contributed by atoms with van der Waals surface area (Å²) in [6, 6.07) is 17.5. The van der Waals surface area contributed by atoms with Crippen molar-refractivity contribution in [2.75, 3.05) is 0 Å². The van der Waals surface area contributed by atoms with Crippen molar-refractivity contribution in [3.63, 3.8) is 0 Å². The average Bonchev–Trinajstić information content (AvgIpc) is 2.64. The molecule has 1 aliphatic rings. The lowest BCUT2D eigenvalue weighted by Crippen LogP contribution is -2.45. The molecule has 0 heterocycles. The Kier molecular flexibility index (Phi) is 4.75. The van der Waals surface area contributed by atoms with Crippen LogP contribution in [0.4, 0.5) is 0 Å². The molecule has 4 nitrogen and oxygen atoms in total. The average molecular weight is 322 g/mol. The highest BCUT2D eigenvalue weighted by Crippen LogP contribution is 2.36. The monoisotopic (exact) mass is 322 g/mol. The van der Waals surface area contributed by atoms with Gasteiger partial charge in [-0.05, 0) is 43.5 Å². The lowest BCUT2D eigenvalue weighted by atomic mass is 9.77. The molecule has 0 atom stereocenters. The van der Waals surface area contributed by atoms with E-state index in [-0.39, 0.29) is 6.42 Å². The van der Waals surface area contributed by atoms with Crippen LogP contribution >= 0.6 is 0 Å². The molecule has 4 heteroatoms. The second-order valence-electron chi connectivity index (χ2n) is 5.70. The maximum Gasteiger partial charge on any atom is 0.329 e. The van der Waals surface area contributed by atoms with Gasteiger partial charge >= 0.3 is 11.9 Å². The van der Waals surface area contributed by atoms with Gasteiger partial charge in [0.25, 0.3) is 0 Å². The summed E-state index contributed by atoms with van der Waals surface area (Å²) in [5.74, 6) is -0.300. The minimum Gasteiger partial charge on any atom is -0.426 e. The Labute approximate surface area is 140 Å². The highest BCUT2D eigenvalue weighted by atomic mass is 16.6. The number of allylic oxidation sites excluding steroid dienone is 2. The minimum absolute atomic E-state index is 0.282. The second kappa shape index (κ2) is 7.13. The highest BCUT2D eigenvalue weighted by Gasteiger charge is 2.49. The van der Waals surface area contributed by atoms with Crippen molar-refractivity contribution < 1.29 is 19.1 Å². The van der Waals surface area contributed by atoms with Gasteiger partial charge in [-0.15, -0.1) is 0 Å². The zero-order valence-electron chi connectivity index (χ0n) is 13.2. The normalized spacial score (nSPS) is 15.5. The Morgan fingerprint density at radius 3 is 1.67 bits per heavy atom. The molecule has 0 bridgehead atoms. The number of carbonyl (C=O) groups excluding carboxylic acids is 2. The molecule has 2 aromatic rings. The largest absolute Gasteiger partial charge is 0.426 e. The minimum atomic E-state index is -1.31. The van der Waals surface area contributed by atoms with Gasteiger partial charge in [-0.2, -0.15) is 0 Å². The van der Waals surface area contributed by atoms with Gasteiger partial charge in [0.1, 0.15) is 11.5 Å². The number of benzene rings is 2. The Bertz CT molecular complexity index is 681. The van der Waals surface area contributed by atoms with E-state index in [1.165, 1.54) is 0 Å². The number of esters is 2. The number of para-hydroxylation sites is 2. The molecule has 24 heavy (non-hydrogen) atoms.